The molecule has 2 aromatic rings. The summed E-state index contributed by atoms with van der Waals surface area (Å²) in [7, 11) is 0. The Bertz CT molecular complexity index is 548. The molecule has 0 unspecified atom stereocenters. The second-order valence-electron chi connectivity index (χ2n) is 3.32. The largest absolute Gasteiger partial charge is 0.417 e. The van der Waals surface area contributed by atoms with Crippen molar-refractivity contribution < 1.29 is 18.0 Å². The zero-order chi connectivity index (χ0) is 12.5. The fraction of sp³-hybridized carbons (Fsp3) is 0.0909. The minimum atomic E-state index is -4.41. The highest BCUT2D eigenvalue weighted by atomic mass is 32.1. The summed E-state index contributed by atoms with van der Waals surface area (Å²) >= 11 is 1.18. The first-order valence-corrected chi connectivity index (χ1v) is 5.45. The first kappa shape index (κ1) is 11.8. The molecule has 0 amide bonds. The topological polar surface area (TPSA) is 30.0 Å². The Balaban J connectivity index is 2.42. The van der Waals surface area contributed by atoms with E-state index in [1.165, 1.54) is 23.6 Å². The Labute approximate surface area is 98.7 Å². The summed E-state index contributed by atoms with van der Waals surface area (Å²) < 4.78 is 37.4. The number of aldehydes is 1. The highest BCUT2D eigenvalue weighted by Crippen LogP contribution is 2.32. The molecule has 88 valence electrons. The van der Waals surface area contributed by atoms with Crippen LogP contribution in [0.25, 0.3) is 11.1 Å². The van der Waals surface area contributed by atoms with Crippen molar-refractivity contribution in [1.82, 2.24) is 4.98 Å². The molecule has 0 fully saturated rings. The fourth-order valence-corrected chi connectivity index (χ4v) is 2.04. The van der Waals surface area contributed by atoms with Gasteiger partial charge in [0.1, 0.15) is 0 Å². The fourth-order valence-electron chi connectivity index (χ4n) is 1.32. The molecular weight excluding hydrogens is 251 g/mol. The smallest absolute Gasteiger partial charge is 0.297 e. The molecule has 17 heavy (non-hydrogen) atoms. The Hall–Kier alpha value is -1.69. The SMILES string of the molecule is O=Cc1cc(-c2cncc(C(F)(F)F)c2)cs1. The van der Waals surface area contributed by atoms with Gasteiger partial charge >= 0.3 is 6.18 Å². The molecule has 0 saturated heterocycles. The monoisotopic (exact) mass is 257 g/mol. The summed E-state index contributed by atoms with van der Waals surface area (Å²) in [5.41, 5.74) is 0.119. The summed E-state index contributed by atoms with van der Waals surface area (Å²) in [6.45, 7) is 0. The molecule has 0 N–H and O–H groups in total. The lowest BCUT2D eigenvalue weighted by atomic mass is 10.1. The van der Waals surface area contributed by atoms with E-state index in [2.05, 4.69) is 4.98 Å². The van der Waals surface area contributed by atoms with Crippen molar-refractivity contribution in [2.24, 2.45) is 0 Å². The van der Waals surface area contributed by atoms with Gasteiger partial charge in [-0.25, -0.2) is 0 Å². The molecule has 2 nitrogen and oxygen atoms in total. The molecule has 0 aliphatic carbocycles. The van der Waals surface area contributed by atoms with Crippen LogP contribution < -0.4 is 0 Å². The average molecular weight is 257 g/mol. The normalized spacial score (nSPS) is 11.5. The molecule has 2 aromatic heterocycles. The maximum atomic E-state index is 12.5. The molecule has 0 aliphatic rings. The van der Waals surface area contributed by atoms with Crippen LogP contribution in [0, 0.1) is 0 Å². The van der Waals surface area contributed by atoms with E-state index in [9.17, 15) is 18.0 Å². The zero-order valence-electron chi connectivity index (χ0n) is 8.36. The molecule has 2 heterocycles. The predicted octanol–water partition coefficient (Wildman–Crippen LogP) is 3.64. The van der Waals surface area contributed by atoms with Gasteiger partial charge in [0.15, 0.2) is 6.29 Å². The van der Waals surface area contributed by atoms with Crippen molar-refractivity contribution in [3.8, 4) is 11.1 Å². The van der Waals surface area contributed by atoms with Crippen molar-refractivity contribution in [3.05, 3.63) is 40.3 Å². The Kier molecular flexibility index (Phi) is 2.97. The number of thiophene rings is 1. The highest BCUT2D eigenvalue weighted by Gasteiger charge is 2.31. The second kappa shape index (κ2) is 4.29. The van der Waals surface area contributed by atoms with Gasteiger partial charge < -0.3 is 0 Å². The number of hydrogen-bond acceptors (Lipinski definition) is 3. The van der Waals surface area contributed by atoms with E-state index >= 15 is 0 Å². The van der Waals surface area contributed by atoms with E-state index in [-0.39, 0.29) is 0 Å². The summed E-state index contributed by atoms with van der Waals surface area (Å²) in [6, 6.07) is 2.55. The van der Waals surface area contributed by atoms with Gasteiger partial charge in [0.05, 0.1) is 10.4 Å². The standard InChI is InChI=1S/C11H6F3NOS/c12-11(13,14)9-1-7(3-15-4-9)8-2-10(5-16)17-6-8/h1-6H. The van der Waals surface area contributed by atoms with Crippen LogP contribution in [0.4, 0.5) is 13.2 Å². The zero-order valence-corrected chi connectivity index (χ0v) is 9.18. The quantitative estimate of drug-likeness (QED) is 0.769. The van der Waals surface area contributed by atoms with E-state index < -0.39 is 11.7 Å². The van der Waals surface area contributed by atoms with Gasteiger partial charge in [0.2, 0.25) is 0 Å². The molecule has 0 radical (unpaired) electrons. The number of carbonyl (C=O) groups is 1. The average Bonchev–Trinajstić information content (AvgIpc) is 2.76. The van der Waals surface area contributed by atoms with Crippen LogP contribution in [0.2, 0.25) is 0 Å². The van der Waals surface area contributed by atoms with Crippen molar-refractivity contribution in [2.45, 2.75) is 6.18 Å². The van der Waals surface area contributed by atoms with Crippen LogP contribution in [0.5, 0.6) is 0 Å². The molecule has 6 heteroatoms. The number of pyridine rings is 1. The number of carbonyl (C=O) groups excluding carboxylic acids is 1. The van der Waals surface area contributed by atoms with Crippen LogP contribution >= 0.6 is 11.3 Å². The number of hydrogen-bond donors (Lipinski definition) is 0. The van der Waals surface area contributed by atoms with Crippen molar-refractivity contribution in [3.63, 3.8) is 0 Å². The Morgan fingerprint density at radius 1 is 1.18 bits per heavy atom. The number of alkyl halides is 3. The lowest BCUT2D eigenvalue weighted by Crippen LogP contribution is -2.05. The number of aromatic nitrogens is 1. The van der Waals surface area contributed by atoms with Gasteiger partial charge in [-0.3, -0.25) is 9.78 Å². The van der Waals surface area contributed by atoms with Crippen LogP contribution in [-0.4, -0.2) is 11.3 Å². The lowest BCUT2D eigenvalue weighted by molar-refractivity contribution is -0.137. The Morgan fingerprint density at radius 3 is 2.53 bits per heavy atom. The highest BCUT2D eigenvalue weighted by molar-refractivity contribution is 7.12. The van der Waals surface area contributed by atoms with Gasteiger partial charge in [-0.1, -0.05) is 0 Å². The first-order valence-electron chi connectivity index (χ1n) is 4.57. The summed E-state index contributed by atoms with van der Waals surface area (Å²) in [6.07, 6.45) is -1.63. The predicted molar refractivity (Wildman–Crippen MR) is 57.9 cm³/mol. The van der Waals surface area contributed by atoms with Gasteiger partial charge in [0.25, 0.3) is 0 Å². The molecule has 0 spiro atoms. The van der Waals surface area contributed by atoms with Crippen molar-refractivity contribution >= 4 is 17.6 Å². The lowest BCUT2D eigenvalue weighted by Gasteiger charge is -2.06. The van der Waals surface area contributed by atoms with Gasteiger partial charge in [-0.05, 0) is 23.1 Å². The molecule has 0 bridgehead atoms. The third-order valence-corrected chi connectivity index (χ3v) is 2.99. The number of rotatable bonds is 2. The van der Waals surface area contributed by atoms with E-state index in [1.807, 2.05) is 0 Å². The Morgan fingerprint density at radius 2 is 1.94 bits per heavy atom. The minimum Gasteiger partial charge on any atom is -0.297 e. The number of nitrogens with zero attached hydrogens (tertiary/aromatic N) is 1. The number of halogens is 3. The van der Waals surface area contributed by atoms with Gasteiger partial charge in [-0.15, -0.1) is 11.3 Å². The first-order chi connectivity index (χ1) is 8.00. The minimum absolute atomic E-state index is 0.351. The second-order valence-corrected chi connectivity index (χ2v) is 4.26. The van der Waals surface area contributed by atoms with E-state index in [1.54, 1.807) is 5.38 Å². The summed E-state index contributed by atoms with van der Waals surface area (Å²) in [4.78, 5) is 14.5. The maximum Gasteiger partial charge on any atom is 0.417 e. The molecule has 0 atom stereocenters. The van der Waals surface area contributed by atoms with E-state index in [0.29, 0.717) is 22.3 Å². The third kappa shape index (κ3) is 2.52. The molecule has 0 aromatic carbocycles. The summed E-state index contributed by atoms with van der Waals surface area (Å²) in [5, 5.41) is 1.63. The van der Waals surface area contributed by atoms with Gasteiger partial charge in [0, 0.05) is 18.0 Å². The van der Waals surface area contributed by atoms with Crippen LogP contribution in [0.15, 0.2) is 29.9 Å². The molecule has 0 aliphatic heterocycles. The van der Waals surface area contributed by atoms with Crippen LogP contribution in [-0.2, 0) is 6.18 Å². The maximum absolute atomic E-state index is 12.5. The van der Waals surface area contributed by atoms with Crippen molar-refractivity contribution in [1.29, 1.82) is 0 Å². The van der Waals surface area contributed by atoms with Gasteiger partial charge in [-0.2, -0.15) is 13.2 Å². The van der Waals surface area contributed by atoms with E-state index in [4.69, 9.17) is 0 Å². The molecular formula is C11H6F3NOS. The van der Waals surface area contributed by atoms with Crippen LogP contribution in [0.1, 0.15) is 15.2 Å². The third-order valence-electron chi connectivity index (χ3n) is 2.13. The van der Waals surface area contributed by atoms with Crippen molar-refractivity contribution in [2.75, 3.05) is 0 Å². The van der Waals surface area contributed by atoms with Crippen LogP contribution in [0.3, 0.4) is 0 Å². The molecule has 0 saturated carbocycles. The summed E-state index contributed by atoms with van der Waals surface area (Å²) in [5.74, 6) is 0. The van der Waals surface area contributed by atoms with E-state index in [0.717, 1.165) is 12.3 Å². The molecule has 2 rings (SSSR count).